The van der Waals surface area contributed by atoms with Crippen LogP contribution in [0.1, 0.15) is 128 Å². The molecule has 7 rings (SSSR count). The zero-order chi connectivity index (χ0) is 56.6. The van der Waals surface area contributed by atoms with Crippen LogP contribution < -0.4 is 10.1 Å². The molecule has 0 spiro atoms. The minimum Gasteiger partial charge on any atom is -0.489 e. The van der Waals surface area contributed by atoms with Gasteiger partial charge in [-0.05, 0) is 77.4 Å². The maximum Gasteiger partial charge on any atom is 0.338 e. The van der Waals surface area contributed by atoms with Crippen LogP contribution in [0.15, 0.2) is 121 Å². The first-order chi connectivity index (χ1) is 36.3. The van der Waals surface area contributed by atoms with Gasteiger partial charge in [-0.1, -0.05) is 143 Å². The summed E-state index contributed by atoms with van der Waals surface area (Å²) in [6.07, 6.45) is -4.95. The lowest BCUT2D eigenvalue weighted by Gasteiger charge is -2.68. The first-order valence-corrected chi connectivity index (χ1v) is 28.9. The highest BCUT2D eigenvalue weighted by Gasteiger charge is 2.78. The van der Waals surface area contributed by atoms with E-state index in [1.165, 1.54) is 6.92 Å². The Morgan fingerprint density at radius 2 is 1.43 bits per heavy atom. The summed E-state index contributed by atoms with van der Waals surface area (Å²) in [7, 11) is -3.14. The number of esters is 4. The third-order valence-corrected chi connectivity index (χ3v) is 23.6. The van der Waals surface area contributed by atoms with Crippen molar-refractivity contribution in [1.29, 1.82) is 0 Å². The Bertz CT molecular complexity index is 2750. The lowest BCUT2D eigenvalue weighted by molar-refractivity contribution is -0.339. The Balaban J connectivity index is 1.50. The second-order valence-corrected chi connectivity index (χ2v) is 28.3. The molecule has 2 bridgehead atoms. The lowest BCUT2D eigenvalue weighted by atomic mass is 9.43. The van der Waals surface area contributed by atoms with Gasteiger partial charge in [0, 0.05) is 41.4 Å². The van der Waals surface area contributed by atoms with Crippen molar-refractivity contribution in [2.45, 2.75) is 160 Å². The van der Waals surface area contributed by atoms with Gasteiger partial charge >= 0.3 is 23.9 Å². The molecule has 0 aromatic heterocycles. The van der Waals surface area contributed by atoms with E-state index in [4.69, 9.17) is 32.8 Å². The third-order valence-electron chi connectivity index (χ3n) is 17.5. The van der Waals surface area contributed by atoms with Gasteiger partial charge in [0.15, 0.2) is 23.6 Å². The van der Waals surface area contributed by atoms with Gasteiger partial charge in [0.05, 0.1) is 24.1 Å². The van der Waals surface area contributed by atoms with Gasteiger partial charge in [-0.25, -0.2) is 14.4 Å². The van der Waals surface area contributed by atoms with E-state index in [0.29, 0.717) is 22.4 Å². The van der Waals surface area contributed by atoms with Crippen LogP contribution in [0.3, 0.4) is 0 Å². The van der Waals surface area contributed by atoms with Crippen LogP contribution in [0.2, 0.25) is 16.6 Å². The van der Waals surface area contributed by atoms with E-state index in [1.807, 2.05) is 6.92 Å². The average Bonchev–Trinajstić information content (AvgIpc) is 3.59. The van der Waals surface area contributed by atoms with E-state index >= 15 is 9.59 Å². The molecule has 414 valence electrons. The summed E-state index contributed by atoms with van der Waals surface area (Å²) in [5.41, 5.74) is -6.29. The summed E-state index contributed by atoms with van der Waals surface area (Å²) in [5.74, 6) is -6.19. The molecule has 1 aliphatic heterocycles. The van der Waals surface area contributed by atoms with E-state index in [1.54, 1.807) is 119 Å². The number of benzene rings is 3. The molecule has 15 nitrogen and oxygen atoms in total. The molecule has 2 saturated carbocycles. The van der Waals surface area contributed by atoms with Gasteiger partial charge in [0.1, 0.15) is 36.3 Å². The number of ether oxygens (including phenoxy) is 6. The Labute approximate surface area is 454 Å². The molecule has 3 aliphatic carbocycles. The summed E-state index contributed by atoms with van der Waals surface area (Å²) in [6.45, 7) is 29.4. The molecule has 11 atom stereocenters. The molecular weight excluding hydrogens is 999 g/mol. The largest absolute Gasteiger partial charge is 0.489 e. The van der Waals surface area contributed by atoms with Crippen molar-refractivity contribution in [3.8, 4) is 5.75 Å². The van der Waals surface area contributed by atoms with Crippen LogP contribution in [0.4, 0.5) is 0 Å². The van der Waals surface area contributed by atoms with Crippen molar-refractivity contribution in [3.05, 3.63) is 138 Å². The quantitative estimate of drug-likeness (QED) is 0.0378. The standard InChI is InChI=1S/C61H77NO14Si/c1-15-31-70-44-30-24-23-29-43(44)49(62-55(66)41-25-19-17-20-26-41)51(76-77(35(3)4,36(5)6)37(7)8)57(68)73-45-33-61(69)54(74-56(67)42-27-21-18-22-28-42)52-59(14,38(9)32-46-60(52,34-71-46)75-47(64)16-2)53(65)50(72-40(11)63)48(39(45)10)58(61,12)13/h15-30,35-38,45-46,49-52,54,69H,1-2,31-34H2,3-14H3,(H,62,66)/t38-,45-,46+,49-,50+,51+,52?,54-,59+,60-,61+/m0/s1. The van der Waals surface area contributed by atoms with Crippen molar-refractivity contribution in [1.82, 2.24) is 5.32 Å². The molecule has 3 fully saturated rings. The lowest BCUT2D eigenvalue weighted by Crippen LogP contribution is -2.81. The highest BCUT2D eigenvalue weighted by Crippen LogP contribution is 2.66. The maximum absolute atomic E-state index is 16.2. The number of amides is 1. The molecular formula is C61H77NO14Si. The summed E-state index contributed by atoms with van der Waals surface area (Å²) in [4.78, 5) is 88.7. The van der Waals surface area contributed by atoms with Gasteiger partial charge in [-0.2, -0.15) is 0 Å². The Morgan fingerprint density at radius 3 is 1.97 bits per heavy atom. The molecule has 2 N–H and O–H groups in total. The minimum absolute atomic E-state index is 0.0771. The van der Waals surface area contributed by atoms with Crippen LogP contribution in [-0.4, -0.2) is 104 Å². The number of ketones is 1. The highest BCUT2D eigenvalue weighted by atomic mass is 28.4. The molecule has 1 heterocycles. The molecule has 4 aliphatic rings. The topological polar surface area (TPSA) is 199 Å². The maximum atomic E-state index is 16.2. The molecule has 1 amide bonds. The van der Waals surface area contributed by atoms with Crippen molar-refractivity contribution < 1.29 is 66.7 Å². The van der Waals surface area contributed by atoms with Crippen molar-refractivity contribution in [2.24, 2.45) is 22.7 Å². The van der Waals surface area contributed by atoms with Gasteiger partial charge < -0.3 is 43.3 Å². The molecule has 77 heavy (non-hydrogen) atoms. The van der Waals surface area contributed by atoms with Crippen LogP contribution in [0.25, 0.3) is 0 Å². The number of rotatable bonds is 19. The molecule has 3 aromatic rings. The fourth-order valence-corrected chi connectivity index (χ4v) is 19.0. The molecule has 1 unspecified atom stereocenters. The van der Waals surface area contributed by atoms with E-state index in [2.05, 4.69) is 60.0 Å². The zero-order valence-corrected chi connectivity index (χ0v) is 47.6. The zero-order valence-electron chi connectivity index (χ0n) is 46.6. The SMILES string of the molecule is C=CCOc1ccccc1[C@H](NC(=O)c1ccccc1)[C@@H](O[Si](C(C)C)(C(C)C)C(C)C)C(=O)O[C@H]1C[C@@]2(O)[C@@H](OC(=O)c3ccccc3)C3[C@](C)(C(=O)[C@H](OC(C)=O)C(=C1C)C2(C)C)[C@@H](C)C[C@H]1OC[C@@]31OC(=O)C=C. The number of fused-ring (bicyclic) bond motifs is 5. The fourth-order valence-electron chi connectivity index (χ4n) is 13.5. The third kappa shape index (κ3) is 10.3. The van der Waals surface area contributed by atoms with E-state index in [9.17, 15) is 24.3 Å². The summed E-state index contributed by atoms with van der Waals surface area (Å²) in [6, 6.07) is 22.4. The van der Waals surface area contributed by atoms with Gasteiger partial charge in [0.2, 0.25) is 8.32 Å². The molecule has 1 saturated heterocycles. The monoisotopic (exact) mass is 1080 g/mol. The average molecular weight is 1080 g/mol. The predicted octanol–water partition coefficient (Wildman–Crippen LogP) is 9.94. The van der Waals surface area contributed by atoms with Crippen molar-refractivity contribution in [2.75, 3.05) is 13.2 Å². The number of carbonyl (C=O) groups is 6. The summed E-state index contributed by atoms with van der Waals surface area (Å²) >= 11 is 0. The molecule has 3 aromatic carbocycles. The number of hydrogen-bond acceptors (Lipinski definition) is 14. The van der Waals surface area contributed by atoms with Crippen LogP contribution in [0.5, 0.6) is 5.75 Å². The van der Waals surface area contributed by atoms with Crippen LogP contribution in [0, 0.1) is 22.7 Å². The second-order valence-electron chi connectivity index (χ2n) is 22.9. The van der Waals surface area contributed by atoms with Gasteiger partial charge in [0.25, 0.3) is 5.91 Å². The second kappa shape index (κ2) is 22.6. The number of Topliss-reactive ketones (excluding diaryl/α,β-unsaturated/α-hetero) is 1. The first-order valence-electron chi connectivity index (χ1n) is 26.7. The number of carbonyl (C=O) groups excluding carboxylic acids is 6. The van der Waals surface area contributed by atoms with Crippen molar-refractivity contribution in [3.63, 3.8) is 0 Å². The highest BCUT2D eigenvalue weighted by molar-refractivity contribution is 6.77. The summed E-state index contributed by atoms with van der Waals surface area (Å²) < 4.78 is 46.0. The number of hydrogen-bond donors (Lipinski definition) is 2. The smallest absolute Gasteiger partial charge is 0.338 e. The number of aliphatic hydroxyl groups is 1. The minimum atomic E-state index is -3.14. The fraction of sp³-hybridized carbons (Fsp3) is 0.508. The van der Waals surface area contributed by atoms with Crippen LogP contribution in [-0.2, 0) is 47.3 Å². The summed E-state index contributed by atoms with van der Waals surface area (Å²) in [5, 5.41) is 17.5. The Kier molecular flexibility index (Phi) is 17.2. The normalized spacial score (nSPS) is 28.3. The Morgan fingerprint density at radius 1 is 0.844 bits per heavy atom. The number of nitrogens with one attached hydrogen (secondary N) is 1. The molecule has 16 heteroatoms. The predicted molar refractivity (Wildman–Crippen MR) is 291 cm³/mol. The first kappa shape index (κ1) is 58.5. The van der Waals surface area contributed by atoms with E-state index in [0.717, 1.165) is 6.08 Å². The van der Waals surface area contributed by atoms with Crippen LogP contribution >= 0.6 is 0 Å². The van der Waals surface area contributed by atoms with Gasteiger partial charge in [-0.3, -0.25) is 14.4 Å². The number of para-hydroxylation sites is 1. The van der Waals surface area contributed by atoms with Crippen molar-refractivity contribution >= 4 is 43.9 Å². The van der Waals surface area contributed by atoms with E-state index < -0.39 is 121 Å². The molecule has 0 radical (unpaired) electrons. The van der Waals surface area contributed by atoms with E-state index in [-0.39, 0.29) is 47.4 Å². The Hall–Kier alpha value is -6.20. The van der Waals surface area contributed by atoms with Gasteiger partial charge in [-0.15, -0.1) is 0 Å².